The second kappa shape index (κ2) is 12.1. The average molecular weight is 364 g/mol. The molecule has 2 N–H and O–H groups in total. The molecule has 0 atom stereocenters. The first-order valence-corrected chi connectivity index (χ1v) is 8.98. The van der Waals surface area contributed by atoms with Crippen molar-refractivity contribution in [2.75, 3.05) is 0 Å². The van der Waals surface area contributed by atoms with Gasteiger partial charge in [0.2, 0.25) is 11.8 Å². The first kappa shape index (κ1) is 20.0. The summed E-state index contributed by atoms with van der Waals surface area (Å²) >= 11 is 0. The molecule has 0 saturated carbocycles. The van der Waals surface area contributed by atoms with Crippen LogP contribution in [0.5, 0.6) is 0 Å². The molecule has 0 saturated heterocycles. The Kier molecular flexibility index (Phi) is 9.01. The van der Waals surface area contributed by atoms with Crippen LogP contribution in [0, 0.1) is 0 Å². The Balaban J connectivity index is 1.51. The van der Waals surface area contributed by atoms with Crippen LogP contribution in [0.15, 0.2) is 70.9 Å². The van der Waals surface area contributed by atoms with Crippen LogP contribution < -0.4 is 10.9 Å². The maximum absolute atomic E-state index is 11.7. The van der Waals surface area contributed by atoms with Crippen molar-refractivity contribution in [1.29, 1.82) is 0 Å². The smallest absolute Gasteiger partial charge is 0.240 e. The first-order valence-electron chi connectivity index (χ1n) is 8.98. The Hall–Kier alpha value is -3.28. The van der Waals surface area contributed by atoms with Gasteiger partial charge in [0.1, 0.15) is 0 Å². The van der Waals surface area contributed by atoms with E-state index in [1.807, 2.05) is 60.7 Å². The maximum Gasteiger partial charge on any atom is 0.240 e. The Morgan fingerprint density at radius 3 is 1.48 bits per heavy atom. The molecule has 6 heteroatoms. The quantitative estimate of drug-likeness (QED) is 0.385. The number of carbonyl (C=O) groups is 2. The Bertz CT molecular complexity index is 693. The van der Waals surface area contributed by atoms with Crippen LogP contribution >= 0.6 is 0 Å². The van der Waals surface area contributed by atoms with Gasteiger partial charge in [0.25, 0.3) is 0 Å². The summed E-state index contributed by atoms with van der Waals surface area (Å²) in [7, 11) is 0. The van der Waals surface area contributed by atoms with E-state index in [4.69, 9.17) is 0 Å². The Morgan fingerprint density at radius 2 is 1.07 bits per heavy atom. The normalized spacial score (nSPS) is 11.0. The molecule has 0 spiro atoms. The molecule has 2 rings (SSSR count). The molecule has 0 fully saturated rings. The molecule has 2 aromatic rings. The number of nitrogens with one attached hydrogen (secondary N) is 2. The van der Waals surface area contributed by atoms with Crippen LogP contribution in [0.4, 0.5) is 0 Å². The van der Waals surface area contributed by atoms with Crippen molar-refractivity contribution in [2.45, 2.75) is 32.1 Å². The molecule has 27 heavy (non-hydrogen) atoms. The lowest BCUT2D eigenvalue weighted by Crippen LogP contribution is -2.18. The lowest BCUT2D eigenvalue weighted by Gasteiger charge is -2.01. The lowest BCUT2D eigenvalue weighted by atomic mass is 10.1. The molecule has 0 heterocycles. The Labute approximate surface area is 159 Å². The third kappa shape index (κ3) is 9.11. The van der Waals surface area contributed by atoms with Crippen molar-refractivity contribution >= 4 is 24.2 Å². The summed E-state index contributed by atoms with van der Waals surface area (Å²) < 4.78 is 0. The molecular weight excluding hydrogens is 340 g/mol. The molecule has 140 valence electrons. The third-order valence-corrected chi connectivity index (χ3v) is 3.71. The molecule has 0 bridgehead atoms. The number of carbonyl (C=O) groups excluding carboxylic acids is 2. The van der Waals surface area contributed by atoms with E-state index in [1.54, 1.807) is 12.4 Å². The predicted molar refractivity (Wildman–Crippen MR) is 107 cm³/mol. The summed E-state index contributed by atoms with van der Waals surface area (Å²) in [5.74, 6) is -0.252. The molecule has 0 radical (unpaired) electrons. The molecular formula is C21H24N4O2. The topological polar surface area (TPSA) is 82.9 Å². The van der Waals surface area contributed by atoms with Crippen LogP contribution in [0.1, 0.15) is 43.2 Å². The van der Waals surface area contributed by atoms with E-state index in [2.05, 4.69) is 21.1 Å². The molecule has 0 aliphatic heterocycles. The van der Waals surface area contributed by atoms with Crippen LogP contribution in [0.2, 0.25) is 0 Å². The molecule has 2 aromatic carbocycles. The number of hydrogen-bond donors (Lipinski definition) is 2. The van der Waals surface area contributed by atoms with Crippen LogP contribution in [0.25, 0.3) is 0 Å². The van der Waals surface area contributed by atoms with E-state index in [9.17, 15) is 9.59 Å². The molecule has 0 aliphatic rings. The summed E-state index contributed by atoms with van der Waals surface area (Å²) in [4.78, 5) is 23.4. The van der Waals surface area contributed by atoms with Crippen molar-refractivity contribution in [2.24, 2.45) is 10.2 Å². The second-order valence-corrected chi connectivity index (χ2v) is 5.97. The zero-order valence-electron chi connectivity index (χ0n) is 15.2. The van der Waals surface area contributed by atoms with Gasteiger partial charge in [0.05, 0.1) is 12.4 Å². The van der Waals surface area contributed by atoms with Crippen molar-refractivity contribution in [3.63, 3.8) is 0 Å². The minimum absolute atomic E-state index is 0.126. The van der Waals surface area contributed by atoms with Gasteiger partial charge in [-0.3, -0.25) is 9.59 Å². The molecule has 0 unspecified atom stereocenters. The van der Waals surface area contributed by atoms with Crippen molar-refractivity contribution in [1.82, 2.24) is 10.9 Å². The van der Waals surface area contributed by atoms with Crippen LogP contribution in [-0.4, -0.2) is 24.2 Å². The minimum Gasteiger partial charge on any atom is -0.273 e. The van der Waals surface area contributed by atoms with Crippen molar-refractivity contribution in [3.8, 4) is 0 Å². The fourth-order valence-electron chi connectivity index (χ4n) is 2.30. The van der Waals surface area contributed by atoms with Gasteiger partial charge in [-0.1, -0.05) is 67.1 Å². The van der Waals surface area contributed by atoms with Gasteiger partial charge < -0.3 is 0 Å². The number of benzene rings is 2. The minimum atomic E-state index is -0.126. The van der Waals surface area contributed by atoms with E-state index in [1.165, 1.54) is 0 Å². The summed E-state index contributed by atoms with van der Waals surface area (Å²) in [6, 6.07) is 19.1. The predicted octanol–water partition coefficient (Wildman–Crippen LogP) is 3.24. The van der Waals surface area contributed by atoms with Gasteiger partial charge in [0.15, 0.2) is 0 Å². The van der Waals surface area contributed by atoms with Gasteiger partial charge in [-0.25, -0.2) is 10.9 Å². The lowest BCUT2D eigenvalue weighted by molar-refractivity contribution is -0.121. The summed E-state index contributed by atoms with van der Waals surface area (Å²) in [5.41, 5.74) is 6.87. The highest BCUT2D eigenvalue weighted by atomic mass is 16.2. The number of hydrazone groups is 2. The zero-order valence-corrected chi connectivity index (χ0v) is 15.2. The monoisotopic (exact) mass is 364 g/mol. The SMILES string of the molecule is O=C(CCCCCC(=O)N/N=C/c1ccccc1)N/N=C/c1ccccc1. The molecule has 0 aromatic heterocycles. The van der Waals surface area contributed by atoms with Gasteiger partial charge in [0, 0.05) is 12.8 Å². The van der Waals surface area contributed by atoms with Gasteiger partial charge in [-0.2, -0.15) is 10.2 Å². The number of nitrogens with zero attached hydrogens (tertiary/aromatic N) is 2. The summed E-state index contributed by atoms with van der Waals surface area (Å²) in [6.07, 6.45) is 6.22. The van der Waals surface area contributed by atoms with Crippen molar-refractivity contribution in [3.05, 3.63) is 71.8 Å². The van der Waals surface area contributed by atoms with E-state index < -0.39 is 0 Å². The fraction of sp³-hybridized carbons (Fsp3) is 0.238. The summed E-state index contributed by atoms with van der Waals surface area (Å²) in [5, 5.41) is 7.85. The molecule has 6 nitrogen and oxygen atoms in total. The highest BCUT2D eigenvalue weighted by molar-refractivity contribution is 5.83. The van der Waals surface area contributed by atoms with Crippen LogP contribution in [-0.2, 0) is 9.59 Å². The van der Waals surface area contributed by atoms with E-state index in [-0.39, 0.29) is 11.8 Å². The summed E-state index contributed by atoms with van der Waals surface area (Å²) in [6.45, 7) is 0. The van der Waals surface area contributed by atoms with Crippen LogP contribution in [0.3, 0.4) is 0 Å². The highest BCUT2D eigenvalue weighted by Crippen LogP contribution is 2.03. The maximum atomic E-state index is 11.7. The second-order valence-electron chi connectivity index (χ2n) is 5.97. The number of rotatable bonds is 10. The standard InChI is InChI=1S/C21H24N4O2/c26-20(24-22-16-18-10-4-1-5-11-18)14-8-3-9-15-21(27)25-23-17-19-12-6-2-7-13-19/h1-2,4-7,10-13,16-17H,3,8-9,14-15H2,(H,24,26)(H,25,27)/b22-16+,23-17+. The Morgan fingerprint density at radius 1 is 0.667 bits per heavy atom. The number of amides is 2. The van der Waals surface area contributed by atoms with Gasteiger partial charge in [-0.05, 0) is 24.0 Å². The third-order valence-electron chi connectivity index (χ3n) is 3.71. The molecule has 0 aliphatic carbocycles. The number of unbranched alkanes of at least 4 members (excludes halogenated alkanes) is 2. The van der Waals surface area contributed by atoms with E-state index in [0.717, 1.165) is 17.5 Å². The van der Waals surface area contributed by atoms with Crippen molar-refractivity contribution < 1.29 is 9.59 Å². The van der Waals surface area contributed by atoms with E-state index in [0.29, 0.717) is 25.7 Å². The van der Waals surface area contributed by atoms with E-state index >= 15 is 0 Å². The fourth-order valence-corrected chi connectivity index (χ4v) is 2.30. The van der Waals surface area contributed by atoms with Gasteiger partial charge in [-0.15, -0.1) is 0 Å². The zero-order chi connectivity index (χ0) is 19.2. The first-order chi connectivity index (χ1) is 13.2. The number of hydrogen-bond acceptors (Lipinski definition) is 4. The average Bonchev–Trinajstić information content (AvgIpc) is 2.69. The highest BCUT2D eigenvalue weighted by Gasteiger charge is 2.02. The van der Waals surface area contributed by atoms with Gasteiger partial charge >= 0.3 is 0 Å². The molecule has 2 amide bonds. The largest absolute Gasteiger partial charge is 0.273 e.